The number of hydrogen-bond donors (Lipinski definition) is 2. The van der Waals surface area contributed by atoms with Gasteiger partial charge in [-0.15, -0.1) is 11.3 Å². The lowest BCUT2D eigenvalue weighted by atomic mass is 10.4. The van der Waals surface area contributed by atoms with Gasteiger partial charge in [-0.2, -0.15) is 0 Å². The van der Waals surface area contributed by atoms with Gasteiger partial charge in [0, 0.05) is 6.07 Å². The maximum Gasteiger partial charge on any atom is 0.348 e. The molecule has 1 amide bonds. The molecule has 2 aromatic rings. The number of anilines is 1. The molecule has 8 heteroatoms. The van der Waals surface area contributed by atoms with Crippen LogP contribution in [0.25, 0.3) is 0 Å². The Morgan fingerprint density at radius 1 is 1.58 bits per heavy atom. The van der Waals surface area contributed by atoms with Crippen LogP contribution in [0.15, 0.2) is 22.0 Å². The lowest BCUT2D eigenvalue weighted by molar-refractivity contribution is -0.118. The van der Waals surface area contributed by atoms with E-state index in [1.165, 1.54) is 6.07 Å². The second-order valence-corrected chi connectivity index (χ2v) is 4.50. The fourth-order valence-corrected chi connectivity index (χ4v) is 2.00. The molecular formula is C11H10N2O5S. The van der Waals surface area contributed by atoms with Crippen LogP contribution in [0.5, 0.6) is 5.88 Å². The molecule has 2 rings (SSSR count). The van der Waals surface area contributed by atoms with Gasteiger partial charge in [-0.3, -0.25) is 4.79 Å². The number of nitrogens with zero attached hydrogens (tertiary/aromatic N) is 1. The Bertz CT molecular complexity index is 604. The molecular weight excluding hydrogens is 272 g/mol. The van der Waals surface area contributed by atoms with Gasteiger partial charge in [0.25, 0.3) is 11.8 Å². The maximum atomic E-state index is 11.6. The van der Waals surface area contributed by atoms with Crippen LogP contribution in [0.4, 0.5) is 5.69 Å². The molecule has 2 aromatic heterocycles. The fourth-order valence-electron chi connectivity index (χ4n) is 1.31. The lowest BCUT2D eigenvalue weighted by Gasteiger charge is -2.04. The van der Waals surface area contributed by atoms with Crippen LogP contribution in [0.2, 0.25) is 0 Å². The Balaban J connectivity index is 1.90. The lowest BCUT2D eigenvalue weighted by Crippen LogP contribution is -2.21. The Hall–Kier alpha value is -2.35. The number of hydrogen-bond acceptors (Lipinski definition) is 6. The fraction of sp³-hybridized carbons (Fsp3) is 0.182. The van der Waals surface area contributed by atoms with E-state index in [9.17, 15) is 9.59 Å². The summed E-state index contributed by atoms with van der Waals surface area (Å²) in [4.78, 5) is 22.5. The number of amides is 1. The summed E-state index contributed by atoms with van der Waals surface area (Å²) in [5.41, 5.74) is 0.252. The summed E-state index contributed by atoms with van der Waals surface area (Å²) in [5, 5.41) is 16.5. The molecule has 19 heavy (non-hydrogen) atoms. The topological polar surface area (TPSA) is 102 Å². The SMILES string of the molecule is Cc1cc(OCC(=O)Nc2ccsc2C(=O)O)no1. The first-order valence-corrected chi connectivity index (χ1v) is 6.11. The zero-order valence-corrected chi connectivity index (χ0v) is 10.7. The highest BCUT2D eigenvalue weighted by molar-refractivity contribution is 7.12. The van der Waals surface area contributed by atoms with Gasteiger partial charge in [0.15, 0.2) is 6.61 Å². The molecule has 0 bridgehead atoms. The minimum atomic E-state index is -1.08. The summed E-state index contributed by atoms with van der Waals surface area (Å²) < 4.78 is 9.85. The van der Waals surface area contributed by atoms with Gasteiger partial charge >= 0.3 is 5.97 Å². The van der Waals surface area contributed by atoms with E-state index in [1.54, 1.807) is 18.4 Å². The predicted molar refractivity (Wildman–Crippen MR) is 66.6 cm³/mol. The van der Waals surface area contributed by atoms with Crippen LogP contribution in [0.1, 0.15) is 15.4 Å². The van der Waals surface area contributed by atoms with Crippen molar-refractivity contribution in [2.75, 3.05) is 11.9 Å². The molecule has 0 aliphatic heterocycles. The second kappa shape index (κ2) is 5.53. The van der Waals surface area contributed by atoms with Gasteiger partial charge in [-0.1, -0.05) is 0 Å². The third kappa shape index (κ3) is 3.32. The van der Waals surface area contributed by atoms with Gasteiger partial charge < -0.3 is 19.7 Å². The van der Waals surface area contributed by atoms with Crippen LogP contribution >= 0.6 is 11.3 Å². The molecule has 0 fully saturated rings. The van der Waals surface area contributed by atoms with Crippen molar-refractivity contribution < 1.29 is 24.0 Å². The number of aromatic nitrogens is 1. The number of aromatic carboxylic acids is 1. The predicted octanol–water partition coefficient (Wildman–Crippen LogP) is 1.76. The van der Waals surface area contributed by atoms with E-state index in [1.807, 2.05) is 0 Å². The Labute approximate surface area is 111 Å². The van der Waals surface area contributed by atoms with Crippen LogP contribution in [-0.2, 0) is 4.79 Å². The van der Waals surface area contributed by atoms with E-state index in [0.717, 1.165) is 11.3 Å². The van der Waals surface area contributed by atoms with E-state index in [0.29, 0.717) is 5.76 Å². The second-order valence-electron chi connectivity index (χ2n) is 3.58. The summed E-state index contributed by atoms with van der Waals surface area (Å²) in [7, 11) is 0. The van der Waals surface area contributed by atoms with Crippen molar-refractivity contribution in [2.45, 2.75) is 6.92 Å². The highest BCUT2D eigenvalue weighted by Gasteiger charge is 2.14. The van der Waals surface area contributed by atoms with Crippen molar-refractivity contribution in [3.63, 3.8) is 0 Å². The summed E-state index contributed by atoms with van der Waals surface area (Å²) in [6.45, 7) is 1.42. The number of nitrogens with one attached hydrogen (secondary N) is 1. The normalized spacial score (nSPS) is 10.2. The first-order chi connectivity index (χ1) is 9.06. The molecule has 0 aromatic carbocycles. The van der Waals surface area contributed by atoms with Crippen LogP contribution in [0.3, 0.4) is 0 Å². The monoisotopic (exact) mass is 282 g/mol. The van der Waals surface area contributed by atoms with E-state index in [4.69, 9.17) is 14.4 Å². The number of carboxylic acids is 1. The van der Waals surface area contributed by atoms with Crippen LogP contribution in [-0.4, -0.2) is 28.7 Å². The van der Waals surface area contributed by atoms with E-state index >= 15 is 0 Å². The molecule has 2 heterocycles. The number of rotatable bonds is 5. The number of ether oxygens (including phenoxy) is 1. The van der Waals surface area contributed by atoms with Gasteiger partial charge in [-0.05, 0) is 23.5 Å². The zero-order chi connectivity index (χ0) is 13.8. The number of carbonyl (C=O) groups is 2. The van der Waals surface area contributed by atoms with E-state index < -0.39 is 11.9 Å². The molecule has 0 aliphatic rings. The summed E-state index contributed by atoms with van der Waals surface area (Å²) in [6, 6.07) is 3.06. The smallest absolute Gasteiger partial charge is 0.348 e. The molecule has 0 atom stereocenters. The molecule has 0 spiro atoms. The molecule has 7 nitrogen and oxygen atoms in total. The van der Waals surface area contributed by atoms with Crippen molar-refractivity contribution in [3.05, 3.63) is 28.2 Å². The first-order valence-electron chi connectivity index (χ1n) is 5.23. The van der Waals surface area contributed by atoms with Gasteiger partial charge in [0.2, 0.25) is 0 Å². The summed E-state index contributed by atoms with van der Waals surface area (Å²) >= 11 is 1.04. The zero-order valence-electron chi connectivity index (χ0n) is 9.87. The van der Waals surface area contributed by atoms with Crippen LogP contribution in [0, 0.1) is 6.92 Å². The van der Waals surface area contributed by atoms with Crippen molar-refractivity contribution in [1.29, 1.82) is 0 Å². The Kier molecular flexibility index (Phi) is 3.81. The van der Waals surface area contributed by atoms with E-state index in [2.05, 4.69) is 10.5 Å². The Morgan fingerprint density at radius 2 is 2.37 bits per heavy atom. The third-order valence-corrected chi connectivity index (χ3v) is 2.99. The Morgan fingerprint density at radius 3 is 3.00 bits per heavy atom. The average Bonchev–Trinajstić information content (AvgIpc) is 2.95. The first kappa shape index (κ1) is 13.1. The van der Waals surface area contributed by atoms with Crippen molar-refractivity contribution in [3.8, 4) is 5.88 Å². The number of carbonyl (C=O) groups excluding carboxylic acids is 1. The summed E-state index contributed by atoms with van der Waals surface area (Å²) in [6.07, 6.45) is 0. The van der Waals surface area contributed by atoms with Gasteiger partial charge in [-0.25, -0.2) is 4.79 Å². The van der Waals surface area contributed by atoms with Crippen molar-refractivity contribution in [2.24, 2.45) is 0 Å². The van der Waals surface area contributed by atoms with Crippen molar-refractivity contribution in [1.82, 2.24) is 5.16 Å². The van der Waals surface area contributed by atoms with E-state index in [-0.39, 0.29) is 23.1 Å². The minimum Gasteiger partial charge on any atom is -0.477 e. The molecule has 0 aliphatic carbocycles. The molecule has 2 N–H and O–H groups in total. The standard InChI is InChI=1S/C11H10N2O5S/c1-6-4-9(13-18-6)17-5-8(14)12-7-2-3-19-10(7)11(15)16/h2-4H,5H2,1H3,(H,12,14)(H,15,16). The van der Waals surface area contributed by atoms with Gasteiger partial charge in [0.05, 0.1) is 5.69 Å². The quantitative estimate of drug-likeness (QED) is 0.866. The molecule has 0 unspecified atom stereocenters. The average molecular weight is 282 g/mol. The minimum absolute atomic E-state index is 0.0747. The maximum absolute atomic E-state index is 11.6. The summed E-state index contributed by atoms with van der Waals surface area (Å²) in [5.74, 6) is -0.780. The highest BCUT2D eigenvalue weighted by atomic mass is 32.1. The molecule has 100 valence electrons. The molecule has 0 radical (unpaired) electrons. The number of thiophene rings is 1. The molecule has 0 saturated carbocycles. The van der Waals surface area contributed by atoms with Crippen molar-refractivity contribution >= 4 is 28.9 Å². The third-order valence-electron chi connectivity index (χ3n) is 2.09. The highest BCUT2D eigenvalue weighted by Crippen LogP contribution is 2.22. The van der Waals surface area contributed by atoms with Gasteiger partial charge in [0.1, 0.15) is 10.6 Å². The van der Waals surface area contributed by atoms with Crippen LogP contribution < -0.4 is 10.1 Å². The number of aryl methyl sites for hydroxylation is 1. The largest absolute Gasteiger partial charge is 0.477 e. The molecule has 0 saturated heterocycles. The number of carboxylic acid groups (broad SMARTS) is 1.